The third-order valence-corrected chi connectivity index (χ3v) is 3.70. The topological polar surface area (TPSA) is 93.7 Å². The maximum absolute atomic E-state index is 12.5. The van der Waals surface area contributed by atoms with Gasteiger partial charge >= 0.3 is 18.0 Å². The Morgan fingerprint density at radius 3 is 2.36 bits per heavy atom. The SMILES string of the molecule is COC(=O)c1ccc([C@H]2NC(=O)NC(C)=C2C(=O)OCC(C)C)cc1. The normalized spacial score (nSPS) is 17.0. The van der Waals surface area contributed by atoms with Gasteiger partial charge in [-0.25, -0.2) is 14.4 Å². The van der Waals surface area contributed by atoms with E-state index in [0.29, 0.717) is 22.4 Å². The Hall–Kier alpha value is -2.83. The minimum absolute atomic E-state index is 0.203. The molecule has 1 aliphatic heterocycles. The Morgan fingerprint density at radius 2 is 1.80 bits per heavy atom. The lowest BCUT2D eigenvalue weighted by atomic mass is 9.95. The van der Waals surface area contributed by atoms with Crippen molar-refractivity contribution in [3.63, 3.8) is 0 Å². The van der Waals surface area contributed by atoms with E-state index in [2.05, 4.69) is 15.4 Å². The molecule has 0 saturated heterocycles. The summed E-state index contributed by atoms with van der Waals surface area (Å²) in [5.41, 5.74) is 1.83. The first kappa shape index (κ1) is 18.5. The number of rotatable bonds is 5. The van der Waals surface area contributed by atoms with Crippen LogP contribution in [0.2, 0.25) is 0 Å². The molecule has 0 fully saturated rings. The summed E-state index contributed by atoms with van der Waals surface area (Å²) in [5, 5.41) is 5.31. The summed E-state index contributed by atoms with van der Waals surface area (Å²) in [6, 6.07) is 5.46. The van der Waals surface area contributed by atoms with Crippen LogP contribution in [-0.4, -0.2) is 31.7 Å². The van der Waals surface area contributed by atoms with Gasteiger partial charge in [0.15, 0.2) is 0 Å². The van der Waals surface area contributed by atoms with E-state index in [1.54, 1.807) is 31.2 Å². The quantitative estimate of drug-likeness (QED) is 0.798. The predicted octanol–water partition coefficient (Wildman–Crippen LogP) is 2.30. The fourth-order valence-corrected chi connectivity index (χ4v) is 2.46. The number of carbonyl (C=O) groups excluding carboxylic acids is 3. The molecule has 2 rings (SSSR count). The lowest BCUT2D eigenvalue weighted by Crippen LogP contribution is -2.45. The van der Waals surface area contributed by atoms with Crippen molar-refractivity contribution in [2.75, 3.05) is 13.7 Å². The van der Waals surface area contributed by atoms with Crippen molar-refractivity contribution in [2.24, 2.45) is 5.92 Å². The van der Waals surface area contributed by atoms with Gasteiger partial charge in [0.2, 0.25) is 0 Å². The first-order chi connectivity index (χ1) is 11.8. The molecule has 0 aliphatic carbocycles. The van der Waals surface area contributed by atoms with E-state index in [0.717, 1.165) is 0 Å². The van der Waals surface area contributed by atoms with Crippen LogP contribution in [0.5, 0.6) is 0 Å². The summed E-state index contributed by atoms with van der Waals surface area (Å²) in [6.45, 7) is 5.83. The average Bonchev–Trinajstić information content (AvgIpc) is 2.58. The van der Waals surface area contributed by atoms with Crippen LogP contribution >= 0.6 is 0 Å². The second-order valence-electron chi connectivity index (χ2n) is 6.18. The van der Waals surface area contributed by atoms with E-state index in [4.69, 9.17) is 4.74 Å². The largest absolute Gasteiger partial charge is 0.465 e. The van der Waals surface area contributed by atoms with Gasteiger partial charge in [-0.1, -0.05) is 26.0 Å². The van der Waals surface area contributed by atoms with E-state index in [1.807, 2.05) is 13.8 Å². The summed E-state index contributed by atoms with van der Waals surface area (Å²) in [5.74, 6) is -0.737. The maximum Gasteiger partial charge on any atom is 0.338 e. The summed E-state index contributed by atoms with van der Waals surface area (Å²) < 4.78 is 9.98. The first-order valence-corrected chi connectivity index (χ1v) is 7.97. The van der Waals surface area contributed by atoms with Crippen LogP contribution in [-0.2, 0) is 14.3 Å². The molecule has 2 amide bonds. The van der Waals surface area contributed by atoms with Gasteiger partial charge in [0, 0.05) is 5.70 Å². The molecule has 1 atom stereocenters. The molecule has 1 aromatic rings. The molecule has 1 heterocycles. The zero-order valence-electron chi connectivity index (χ0n) is 14.7. The molecular formula is C18H22N2O5. The molecule has 1 aliphatic rings. The second-order valence-corrected chi connectivity index (χ2v) is 6.18. The van der Waals surface area contributed by atoms with Gasteiger partial charge in [-0.15, -0.1) is 0 Å². The van der Waals surface area contributed by atoms with Gasteiger partial charge in [-0.3, -0.25) is 0 Å². The summed E-state index contributed by atoms with van der Waals surface area (Å²) >= 11 is 0. The highest BCUT2D eigenvalue weighted by Gasteiger charge is 2.32. The Balaban J connectivity index is 2.32. The number of hydrogen-bond acceptors (Lipinski definition) is 5. The van der Waals surface area contributed by atoms with Gasteiger partial charge in [-0.05, 0) is 30.5 Å². The zero-order valence-corrected chi connectivity index (χ0v) is 14.7. The highest BCUT2D eigenvalue weighted by molar-refractivity contribution is 5.95. The molecule has 0 unspecified atom stereocenters. The molecule has 7 heteroatoms. The molecule has 1 aromatic carbocycles. The molecule has 0 bridgehead atoms. The number of carbonyl (C=O) groups is 3. The molecule has 0 spiro atoms. The summed E-state index contributed by atoms with van der Waals surface area (Å²) in [7, 11) is 1.30. The minimum atomic E-state index is -0.653. The summed E-state index contributed by atoms with van der Waals surface area (Å²) in [4.78, 5) is 35.9. The third-order valence-electron chi connectivity index (χ3n) is 3.70. The lowest BCUT2D eigenvalue weighted by molar-refractivity contribution is -0.140. The Labute approximate surface area is 146 Å². The number of esters is 2. The number of allylic oxidation sites excluding steroid dienone is 1. The van der Waals surface area contributed by atoms with E-state index in [9.17, 15) is 14.4 Å². The molecule has 0 saturated carbocycles. The van der Waals surface area contributed by atoms with Gasteiger partial charge in [0.25, 0.3) is 0 Å². The van der Waals surface area contributed by atoms with E-state index >= 15 is 0 Å². The number of benzene rings is 1. The van der Waals surface area contributed by atoms with Crippen LogP contribution in [0.1, 0.15) is 42.7 Å². The van der Waals surface area contributed by atoms with Crippen molar-refractivity contribution >= 4 is 18.0 Å². The number of urea groups is 1. The van der Waals surface area contributed by atoms with Crippen LogP contribution in [0, 0.1) is 5.92 Å². The number of amides is 2. The third kappa shape index (κ3) is 4.37. The molecule has 0 aromatic heterocycles. The highest BCUT2D eigenvalue weighted by atomic mass is 16.5. The van der Waals surface area contributed by atoms with Crippen LogP contribution in [0.25, 0.3) is 0 Å². The Bertz CT molecular complexity index is 707. The molecular weight excluding hydrogens is 324 g/mol. The predicted molar refractivity (Wildman–Crippen MR) is 90.7 cm³/mol. The first-order valence-electron chi connectivity index (χ1n) is 7.97. The van der Waals surface area contributed by atoms with E-state index in [-0.39, 0.29) is 12.5 Å². The van der Waals surface area contributed by atoms with Gasteiger partial charge in [0.05, 0.1) is 30.9 Å². The van der Waals surface area contributed by atoms with Crippen molar-refractivity contribution < 1.29 is 23.9 Å². The van der Waals surface area contributed by atoms with Gasteiger partial charge in [0.1, 0.15) is 0 Å². The Morgan fingerprint density at radius 1 is 1.16 bits per heavy atom. The second kappa shape index (κ2) is 7.83. The smallest absolute Gasteiger partial charge is 0.338 e. The highest BCUT2D eigenvalue weighted by Crippen LogP contribution is 2.28. The van der Waals surface area contributed by atoms with Crippen molar-refractivity contribution in [1.29, 1.82) is 0 Å². The molecule has 0 radical (unpaired) electrons. The van der Waals surface area contributed by atoms with Crippen LogP contribution in [0.4, 0.5) is 4.79 Å². The fraction of sp³-hybridized carbons (Fsp3) is 0.389. The maximum atomic E-state index is 12.5. The van der Waals surface area contributed by atoms with Crippen molar-refractivity contribution in [1.82, 2.24) is 10.6 Å². The summed E-state index contributed by atoms with van der Waals surface area (Å²) in [6.07, 6.45) is 0. The molecule has 2 N–H and O–H groups in total. The van der Waals surface area contributed by atoms with Crippen molar-refractivity contribution in [3.05, 3.63) is 46.7 Å². The number of ether oxygens (including phenoxy) is 2. The molecule has 25 heavy (non-hydrogen) atoms. The monoisotopic (exact) mass is 346 g/mol. The zero-order chi connectivity index (χ0) is 18.6. The fourth-order valence-electron chi connectivity index (χ4n) is 2.46. The van der Waals surface area contributed by atoms with Crippen molar-refractivity contribution in [3.8, 4) is 0 Å². The number of nitrogens with one attached hydrogen (secondary N) is 2. The Kier molecular flexibility index (Phi) is 5.80. The number of methoxy groups -OCH3 is 1. The van der Waals surface area contributed by atoms with Crippen LogP contribution < -0.4 is 10.6 Å². The minimum Gasteiger partial charge on any atom is -0.465 e. The number of hydrogen-bond donors (Lipinski definition) is 2. The molecule has 7 nitrogen and oxygen atoms in total. The van der Waals surface area contributed by atoms with Crippen molar-refractivity contribution in [2.45, 2.75) is 26.8 Å². The standard InChI is InChI=1S/C18H22N2O5/c1-10(2)9-25-17(22)14-11(3)19-18(23)20-15(14)12-5-7-13(8-6-12)16(21)24-4/h5-8,10,15H,9H2,1-4H3,(H2,19,20,23)/t15-/m1/s1. The van der Waals surface area contributed by atoms with Gasteiger partial charge in [-0.2, -0.15) is 0 Å². The van der Waals surface area contributed by atoms with Gasteiger partial charge < -0.3 is 20.1 Å². The average molecular weight is 346 g/mol. The lowest BCUT2D eigenvalue weighted by Gasteiger charge is -2.28. The molecule has 134 valence electrons. The van der Waals surface area contributed by atoms with Crippen LogP contribution in [0.15, 0.2) is 35.5 Å². The van der Waals surface area contributed by atoms with Crippen LogP contribution in [0.3, 0.4) is 0 Å². The van der Waals surface area contributed by atoms with E-state index in [1.165, 1.54) is 7.11 Å². The van der Waals surface area contributed by atoms with E-state index < -0.39 is 24.0 Å².